The zero-order chi connectivity index (χ0) is 19.8. The lowest BCUT2D eigenvalue weighted by molar-refractivity contribution is -0.135. The average Bonchev–Trinajstić information content (AvgIpc) is 3.05. The van der Waals surface area contributed by atoms with Gasteiger partial charge >= 0.3 is 5.97 Å². The van der Waals surface area contributed by atoms with Crippen LogP contribution in [0, 0.1) is 6.92 Å². The maximum absolute atomic E-state index is 12.5. The van der Waals surface area contributed by atoms with Gasteiger partial charge in [-0.1, -0.05) is 24.3 Å². The van der Waals surface area contributed by atoms with E-state index in [4.69, 9.17) is 4.74 Å². The molecule has 4 rings (SSSR count). The molecule has 0 unspecified atom stereocenters. The molecule has 0 saturated heterocycles. The smallest absolute Gasteiger partial charge is 0.349 e. The highest BCUT2D eigenvalue weighted by Crippen LogP contribution is 2.27. The van der Waals surface area contributed by atoms with Gasteiger partial charge in [-0.25, -0.2) is 9.78 Å². The molecule has 3 heterocycles. The second-order valence-electron chi connectivity index (χ2n) is 6.81. The fourth-order valence-electron chi connectivity index (χ4n) is 3.40. The lowest BCUT2D eigenvalue weighted by Crippen LogP contribution is -2.38. The second-order valence-corrected chi connectivity index (χ2v) is 7.81. The van der Waals surface area contributed by atoms with Crippen LogP contribution in [0.25, 0.3) is 10.2 Å². The molecule has 0 spiro atoms. The Kier molecular flexibility index (Phi) is 4.72. The standard InChI is InChI=1S/C20H19N3O4S/c1-12-16-18(21-11-22(2)19(16)25)28-17(12)20(26)27-10-15(24)23-8-7-13-5-3-4-6-14(13)9-23/h3-6,11H,7-10H2,1-2H3. The number of carbonyl (C=O) groups is 2. The maximum atomic E-state index is 12.5. The summed E-state index contributed by atoms with van der Waals surface area (Å²) in [4.78, 5) is 44.0. The van der Waals surface area contributed by atoms with Gasteiger partial charge in [0.1, 0.15) is 9.71 Å². The molecule has 7 nitrogen and oxygen atoms in total. The number of ether oxygens (including phenoxy) is 1. The summed E-state index contributed by atoms with van der Waals surface area (Å²) >= 11 is 1.11. The number of esters is 1. The third-order valence-corrected chi connectivity index (χ3v) is 6.19. The molecule has 28 heavy (non-hydrogen) atoms. The van der Waals surface area contributed by atoms with Crippen molar-refractivity contribution in [1.82, 2.24) is 14.5 Å². The van der Waals surface area contributed by atoms with Crippen LogP contribution >= 0.6 is 11.3 Å². The van der Waals surface area contributed by atoms with E-state index in [1.807, 2.05) is 18.2 Å². The molecule has 0 radical (unpaired) electrons. The fourth-order valence-corrected chi connectivity index (χ4v) is 4.43. The van der Waals surface area contributed by atoms with Crippen LogP contribution < -0.4 is 5.56 Å². The van der Waals surface area contributed by atoms with Gasteiger partial charge in [0.15, 0.2) is 6.61 Å². The molecule has 8 heteroatoms. The number of aromatic nitrogens is 2. The second kappa shape index (κ2) is 7.20. The van der Waals surface area contributed by atoms with Gasteiger partial charge in [0.05, 0.1) is 11.7 Å². The van der Waals surface area contributed by atoms with E-state index in [-0.39, 0.29) is 18.1 Å². The summed E-state index contributed by atoms with van der Waals surface area (Å²) in [6.07, 6.45) is 2.22. The average molecular weight is 397 g/mol. The first-order valence-corrected chi connectivity index (χ1v) is 9.73. The van der Waals surface area contributed by atoms with Crippen LogP contribution in [0.1, 0.15) is 26.4 Å². The highest BCUT2D eigenvalue weighted by atomic mass is 32.1. The highest BCUT2D eigenvalue weighted by Gasteiger charge is 2.24. The minimum Gasteiger partial charge on any atom is -0.451 e. The van der Waals surface area contributed by atoms with E-state index in [9.17, 15) is 14.4 Å². The van der Waals surface area contributed by atoms with Crippen molar-refractivity contribution in [3.8, 4) is 0 Å². The van der Waals surface area contributed by atoms with Gasteiger partial charge in [-0.2, -0.15) is 0 Å². The zero-order valence-electron chi connectivity index (χ0n) is 15.6. The van der Waals surface area contributed by atoms with Crippen LogP contribution in [0.4, 0.5) is 0 Å². The summed E-state index contributed by atoms with van der Waals surface area (Å²) < 4.78 is 6.63. The number of hydrogen-bond donors (Lipinski definition) is 0. The molecule has 1 aliphatic rings. The number of aryl methyl sites for hydroxylation is 2. The van der Waals surface area contributed by atoms with Crippen LogP contribution in [-0.4, -0.2) is 39.5 Å². The van der Waals surface area contributed by atoms with Gasteiger partial charge in [0, 0.05) is 20.1 Å². The Hall–Kier alpha value is -3.00. The Labute approximate surface area is 165 Å². The topological polar surface area (TPSA) is 81.5 Å². The minimum atomic E-state index is -0.603. The summed E-state index contributed by atoms with van der Waals surface area (Å²) in [6, 6.07) is 8.03. The molecule has 0 atom stereocenters. The van der Waals surface area contributed by atoms with E-state index in [0.29, 0.717) is 33.7 Å². The predicted octanol–water partition coefficient (Wildman–Crippen LogP) is 2.05. The molecule has 0 aliphatic carbocycles. The van der Waals surface area contributed by atoms with Crippen molar-refractivity contribution in [3.63, 3.8) is 0 Å². The normalized spacial score (nSPS) is 13.4. The van der Waals surface area contributed by atoms with Gasteiger partial charge in [-0.15, -0.1) is 11.3 Å². The van der Waals surface area contributed by atoms with Crippen LogP contribution in [0.3, 0.4) is 0 Å². The van der Waals surface area contributed by atoms with Crippen LogP contribution in [0.15, 0.2) is 35.4 Å². The van der Waals surface area contributed by atoms with Gasteiger partial charge in [-0.05, 0) is 30.0 Å². The highest BCUT2D eigenvalue weighted by molar-refractivity contribution is 7.20. The largest absolute Gasteiger partial charge is 0.451 e. The third-order valence-electron chi connectivity index (χ3n) is 5.01. The number of nitrogens with zero attached hydrogens (tertiary/aromatic N) is 3. The Bertz CT molecular complexity index is 1150. The number of rotatable bonds is 3. The van der Waals surface area contributed by atoms with Crippen LogP contribution in [0.5, 0.6) is 0 Å². The van der Waals surface area contributed by atoms with E-state index in [2.05, 4.69) is 11.1 Å². The lowest BCUT2D eigenvalue weighted by atomic mass is 10.00. The number of amides is 1. The lowest BCUT2D eigenvalue weighted by Gasteiger charge is -2.28. The number of carbonyl (C=O) groups excluding carboxylic acids is 2. The van der Waals surface area contributed by atoms with E-state index >= 15 is 0 Å². The zero-order valence-corrected chi connectivity index (χ0v) is 16.4. The summed E-state index contributed by atoms with van der Waals surface area (Å²) in [6.45, 7) is 2.51. The summed E-state index contributed by atoms with van der Waals surface area (Å²) in [7, 11) is 1.61. The number of benzene rings is 1. The number of fused-ring (bicyclic) bond motifs is 2. The summed E-state index contributed by atoms with van der Waals surface area (Å²) in [5.74, 6) is -0.830. The van der Waals surface area contributed by atoms with E-state index in [0.717, 1.165) is 23.3 Å². The Balaban J connectivity index is 1.46. The van der Waals surface area contributed by atoms with Crippen LogP contribution in [-0.2, 0) is 29.5 Å². The number of thiophene rings is 1. The molecule has 2 aromatic heterocycles. The van der Waals surface area contributed by atoms with Gasteiger partial charge in [0.2, 0.25) is 0 Å². The molecule has 0 N–H and O–H groups in total. The van der Waals surface area contributed by atoms with Crippen molar-refractivity contribution in [3.05, 3.63) is 62.5 Å². The molecule has 144 valence electrons. The van der Waals surface area contributed by atoms with Gasteiger partial charge in [0.25, 0.3) is 11.5 Å². The van der Waals surface area contributed by atoms with Crippen molar-refractivity contribution in [2.24, 2.45) is 7.05 Å². The van der Waals surface area contributed by atoms with E-state index in [1.54, 1.807) is 18.9 Å². The molecule has 1 amide bonds. The first-order chi connectivity index (χ1) is 13.5. The minimum absolute atomic E-state index is 0.208. The molecular formula is C20H19N3O4S. The van der Waals surface area contributed by atoms with Crippen LogP contribution in [0.2, 0.25) is 0 Å². The Morgan fingerprint density at radius 3 is 2.79 bits per heavy atom. The van der Waals surface area contributed by atoms with Crippen molar-refractivity contribution in [2.75, 3.05) is 13.2 Å². The molecule has 0 bridgehead atoms. The van der Waals surface area contributed by atoms with Crippen molar-refractivity contribution in [1.29, 1.82) is 0 Å². The Morgan fingerprint density at radius 1 is 1.25 bits per heavy atom. The van der Waals surface area contributed by atoms with Crippen molar-refractivity contribution >= 4 is 33.4 Å². The predicted molar refractivity (Wildman–Crippen MR) is 105 cm³/mol. The Morgan fingerprint density at radius 2 is 2.00 bits per heavy atom. The summed E-state index contributed by atoms with van der Waals surface area (Å²) in [5, 5.41) is 0.418. The fraction of sp³-hybridized carbons (Fsp3) is 0.300. The first kappa shape index (κ1) is 18.4. The van der Waals surface area contributed by atoms with E-state index in [1.165, 1.54) is 16.5 Å². The first-order valence-electron chi connectivity index (χ1n) is 8.92. The number of hydrogen-bond acceptors (Lipinski definition) is 6. The monoisotopic (exact) mass is 397 g/mol. The quantitative estimate of drug-likeness (QED) is 0.632. The van der Waals surface area contributed by atoms with Crippen molar-refractivity contribution in [2.45, 2.75) is 19.9 Å². The molecule has 3 aromatic rings. The van der Waals surface area contributed by atoms with Crippen molar-refractivity contribution < 1.29 is 14.3 Å². The van der Waals surface area contributed by atoms with Gasteiger partial charge < -0.3 is 14.2 Å². The molecule has 0 fully saturated rings. The molecule has 0 saturated carbocycles. The SMILES string of the molecule is Cc1c(C(=O)OCC(=O)N2CCc3ccccc3C2)sc2ncn(C)c(=O)c12. The molecule has 1 aliphatic heterocycles. The van der Waals surface area contributed by atoms with Gasteiger partial charge in [-0.3, -0.25) is 9.59 Å². The maximum Gasteiger partial charge on any atom is 0.349 e. The van der Waals surface area contributed by atoms with E-state index < -0.39 is 5.97 Å². The molecule has 1 aromatic carbocycles. The summed E-state index contributed by atoms with van der Waals surface area (Å²) in [5.41, 5.74) is 2.70. The molecular weight excluding hydrogens is 378 g/mol. The third kappa shape index (κ3) is 3.20.